The third kappa shape index (κ3) is 4.12. The average Bonchev–Trinajstić information content (AvgIpc) is 2.72. The number of allylic oxidation sites excluding steroid dienone is 1. The van der Waals surface area contributed by atoms with Gasteiger partial charge in [0.1, 0.15) is 5.57 Å². The van der Waals surface area contributed by atoms with E-state index in [1.807, 2.05) is 18.2 Å². The quantitative estimate of drug-likeness (QED) is 0.412. The fraction of sp³-hybridized carbons (Fsp3) is 0.269. The molecule has 2 aromatic carbocycles. The van der Waals surface area contributed by atoms with Gasteiger partial charge in [-0.15, -0.1) is 0 Å². The van der Waals surface area contributed by atoms with Crippen molar-refractivity contribution < 1.29 is 14.4 Å². The molecule has 6 nitrogen and oxygen atoms in total. The van der Waals surface area contributed by atoms with E-state index in [9.17, 15) is 14.4 Å². The minimum Gasteiger partial charge on any atom is -0.360 e. The van der Waals surface area contributed by atoms with E-state index < -0.39 is 17.8 Å². The van der Waals surface area contributed by atoms with Crippen molar-refractivity contribution in [1.82, 2.24) is 5.32 Å². The molecule has 0 saturated carbocycles. The van der Waals surface area contributed by atoms with Crippen molar-refractivity contribution in [2.45, 2.75) is 46.2 Å². The fourth-order valence-electron chi connectivity index (χ4n) is 4.81. The highest BCUT2D eigenvalue weighted by Crippen LogP contribution is 2.41. The van der Waals surface area contributed by atoms with Crippen molar-refractivity contribution in [2.24, 2.45) is 0 Å². The number of carbonyl (C=O) groups is 3. The van der Waals surface area contributed by atoms with Gasteiger partial charge in [-0.25, -0.2) is 9.69 Å². The van der Waals surface area contributed by atoms with Crippen molar-refractivity contribution in [3.8, 4) is 0 Å². The highest BCUT2D eigenvalue weighted by atomic mass is 35.5. The maximum Gasteiger partial charge on any atom is 0.335 e. The van der Waals surface area contributed by atoms with E-state index in [4.69, 9.17) is 23.2 Å². The van der Waals surface area contributed by atoms with Crippen LogP contribution in [-0.2, 0) is 9.59 Å². The molecule has 8 heteroatoms. The first kappa shape index (κ1) is 24.0. The number of fused-ring (bicyclic) bond motifs is 1. The van der Waals surface area contributed by atoms with Gasteiger partial charge in [0.05, 0.1) is 16.2 Å². The van der Waals surface area contributed by atoms with Crippen LogP contribution in [0.5, 0.6) is 0 Å². The lowest BCUT2D eigenvalue weighted by molar-refractivity contribution is -0.122. The number of hydrogen-bond acceptors (Lipinski definition) is 4. The second-order valence-electron chi connectivity index (χ2n) is 9.27. The molecular formula is C26H25Cl2N3O3. The minimum absolute atomic E-state index is 0.121. The molecule has 2 aliphatic heterocycles. The summed E-state index contributed by atoms with van der Waals surface area (Å²) in [4.78, 5) is 41.5. The lowest BCUT2D eigenvalue weighted by Gasteiger charge is -2.46. The normalized spacial score (nSPS) is 18.9. The molecule has 34 heavy (non-hydrogen) atoms. The largest absolute Gasteiger partial charge is 0.360 e. The number of hydrogen-bond donors (Lipinski definition) is 1. The van der Waals surface area contributed by atoms with Gasteiger partial charge in [-0.2, -0.15) is 0 Å². The maximum atomic E-state index is 13.2. The van der Waals surface area contributed by atoms with Gasteiger partial charge in [0.15, 0.2) is 0 Å². The lowest BCUT2D eigenvalue weighted by Crippen LogP contribution is -2.54. The first-order valence-corrected chi connectivity index (χ1v) is 11.7. The molecule has 0 unspecified atom stereocenters. The zero-order valence-corrected chi connectivity index (χ0v) is 21.1. The number of amides is 4. The van der Waals surface area contributed by atoms with Crippen molar-refractivity contribution in [2.75, 3.05) is 9.80 Å². The summed E-state index contributed by atoms with van der Waals surface area (Å²) in [6.45, 7) is 10.7. The molecule has 0 spiro atoms. The Morgan fingerprint density at radius 1 is 1.00 bits per heavy atom. The first-order chi connectivity index (χ1) is 15.9. The second-order valence-corrected chi connectivity index (χ2v) is 10.1. The van der Waals surface area contributed by atoms with Crippen molar-refractivity contribution >= 4 is 64.1 Å². The number of halogens is 2. The Labute approximate surface area is 208 Å². The summed E-state index contributed by atoms with van der Waals surface area (Å²) in [5.74, 6) is -1.51. The maximum absolute atomic E-state index is 13.2. The van der Waals surface area contributed by atoms with E-state index in [1.165, 1.54) is 24.3 Å². The number of nitrogens with one attached hydrogen (secondary N) is 1. The number of nitrogens with zero attached hydrogens (tertiary/aromatic N) is 2. The molecule has 2 heterocycles. The van der Waals surface area contributed by atoms with Crippen LogP contribution in [0.25, 0.3) is 11.6 Å². The SMILES string of the molecule is CC1=CC(C)(C)N(C(C)C)c2ccc(/C=C3\C(=O)NC(=O)N(c4ccc(Cl)cc4Cl)C3=O)cc21. The molecule has 2 aliphatic rings. The Bertz CT molecular complexity index is 1290. The fourth-order valence-corrected chi connectivity index (χ4v) is 5.30. The van der Waals surface area contributed by atoms with Crippen molar-refractivity contribution in [3.63, 3.8) is 0 Å². The molecule has 0 aliphatic carbocycles. The van der Waals surface area contributed by atoms with Crippen molar-refractivity contribution in [1.29, 1.82) is 0 Å². The third-order valence-electron chi connectivity index (χ3n) is 5.98. The van der Waals surface area contributed by atoms with E-state index in [-0.39, 0.29) is 27.9 Å². The lowest BCUT2D eigenvalue weighted by atomic mass is 9.86. The number of benzene rings is 2. The van der Waals surface area contributed by atoms with E-state index in [2.05, 4.69) is 50.9 Å². The van der Waals surface area contributed by atoms with Crippen LogP contribution in [0.2, 0.25) is 10.0 Å². The van der Waals surface area contributed by atoms with Gasteiger partial charge in [-0.05, 0) is 82.2 Å². The van der Waals surface area contributed by atoms with Gasteiger partial charge in [0.2, 0.25) is 0 Å². The van der Waals surface area contributed by atoms with Crippen LogP contribution in [-0.4, -0.2) is 29.4 Å². The Morgan fingerprint density at radius 2 is 1.68 bits per heavy atom. The topological polar surface area (TPSA) is 69.7 Å². The van der Waals surface area contributed by atoms with Crippen LogP contribution in [0.4, 0.5) is 16.2 Å². The predicted octanol–water partition coefficient (Wildman–Crippen LogP) is 6.07. The zero-order valence-electron chi connectivity index (χ0n) is 19.6. The van der Waals surface area contributed by atoms with Gasteiger partial charge in [-0.1, -0.05) is 35.3 Å². The summed E-state index contributed by atoms with van der Waals surface area (Å²) in [7, 11) is 0. The summed E-state index contributed by atoms with van der Waals surface area (Å²) >= 11 is 12.2. The number of carbonyl (C=O) groups excluding carboxylic acids is 3. The molecule has 2 aromatic rings. The number of rotatable bonds is 3. The van der Waals surface area contributed by atoms with E-state index in [0.717, 1.165) is 21.7 Å². The van der Waals surface area contributed by atoms with Crippen molar-refractivity contribution in [3.05, 3.63) is 69.2 Å². The summed E-state index contributed by atoms with van der Waals surface area (Å²) in [6.07, 6.45) is 3.71. The monoisotopic (exact) mass is 497 g/mol. The number of barbiturate groups is 1. The molecule has 176 valence electrons. The Kier molecular flexibility index (Phi) is 6.08. The molecule has 0 aromatic heterocycles. The summed E-state index contributed by atoms with van der Waals surface area (Å²) in [5, 5.41) is 2.71. The van der Waals surface area contributed by atoms with E-state index in [1.54, 1.807) is 0 Å². The number of imide groups is 2. The van der Waals surface area contributed by atoms with Crippen LogP contribution in [0, 0.1) is 0 Å². The molecule has 1 N–H and O–H groups in total. The molecule has 0 bridgehead atoms. The van der Waals surface area contributed by atoms with Gasteiger partial charge in [0, 0.05) is 22.3 Å². The number of urea groups is 1. The Hall–Kier alpha value is -3.09. The molecule has 4 amide bonds. The Morgan fingerprint density at radius 3 is 2.32 bits per heavy atom. The van der Waals surface area contributed by atoms with Gasteiger partial charge in [-0.3, -0.25) is 14.9 Å². The second kappa shape index (κ2) is 8.60. The Balaban J connectivity index is 1.77. The molecule has 0 radical (unpaired) electrons. The molecule has 0 atom stereocenters. The highest BCUT2D eigenvalue weighted by Gasteiger charge is 2.38. The number of anilines is 2. The molecule has 1 saturated heterocycles. The van der Waals surface area contributed by atoms with Crippen LogP contribution in [0.15, 0.2) is 48.0 Å². The smallest absolute Gasteiger partial charge is 0.335 e. The molecular weight excluding hydrogens is 473 g/mol. The van der Waals surface area contributed by atoms with E-state index in [0.29, 0.717) is 10.6 Å². The predicted molar refractivity (Wildman–Crippen MR) is 137 cm³/mol. The summed E-state index contributed by atoms with van der Waals surface area (Å²) in [5.41, 5.74) is 3.73. The van der Waals surface area contributed by atoms with Crippen LogP contribution in [0.1, 0.15) is 45.7 Å². The molecule has 4 rings (SSSR count). The van der Waals surface area contributed by atoms with Gasteiger partial charge >= 0.3 is 6.03 Å². The summed E-state index contributed by atoms with van der Waals surface area (Å²) < 4.78 is 0. The van der Waals surface area contributed by atoms with Gasteiger partial charge in [0.25, 0.3) is 11.8 Å². The van der Waals surface area contributed by atoms with Crippen LogP contribution < -0.4 is 15.1 Å². The van der Waals surface area contributed by atoms with Crippen LogP contribution >= 0.6 is 23.2 Å². The zero-order chi connectivity index (χ0) is 24.9. The average molecular weight is 498 g/mol. The summed E-state index contributed by atoms with van der Waals surface area (Å²) in [6, 6.07) is 9.65. The third-order valence-corrected chi connectivity index (χ3v) is 6.51. The van der Waals surface area contributed by atoms with Crippen LogP contribution in [0.3, 0.4) is 0 Å². The van der Waals surface area contributed by atoms with Gasteiger partial charge < -0.3 is 4.90 Å². The first-order valence-electron chi connectivity index (χ1n) is 10.9. The highest BCUT2D eigenvalue weighted by molar-refractivity contribution is 6.42. The standard InChI is InChI=1S/C26H25Cl2N3O3/c1-14(2)31-21-8-6-16(10-18(21)15(3)13-26(31,4)5)11-19-23(32)29-25(34)30(24(19)33)22-9-7-17(27)12-20(22)28/h6-14H,1-5H3,(H,29,32,34)/b19-11+. The minimum atomic E-state index is -0.865. The van der Waals surface area contributed by atoms with E-state index >= 15 is 0 Å². The molecule has 1 fully saturated rings.